The predicted octanol–water partition coefficient (Wildman–Crippen LogP) is 2.46. The van der Waals surface area contributed by atoms with E-state index in [1.807, 2.05) is 7.05 Å². The number of rotatable bonds is 8. The van der Waals surface area contributed by atoms with E-state index in [1.54, 1.807) is 6.33 Å². The number of nitrogens with zero attached hydrogens (tertiary/aromatic N) is 5. The summed E-state index contributed by atoms with van der Waals surface area (Å²) < 4.78 is 2.08. The number of guanidine groups is 1. The summed E-state index contributed by atoms with van der Waals surface area (Å²) in [4.78, 5) is 6.95. The van der Waals surface area contributed by atoms with Crippen molar-refractivity contribution in [1.29, 1.82) is 0 Å². The van der Waals surface area contributed by atoms with Crippen LogP contribution >= 0.6 is 24.0 Å². The highest BCUT2D eigenvalue weighted by Gasteiger charge is 2.23. The number of nitrogens with one attached hydrogen (secondary N) is 2. The van der Waals surface area contributed by atoms with Gasteiger partial charge in [-0.25, -0.2) is 0 Å². The average Bonchev–Trinajstić information content (AvgIpc) is 3.39. The molecular formula is C20H32IN7. The number of benzene rings is 1. The minimum atomic E-state index is 0. The summed E-state index contributed by atoms with van der Waals surface area (Å²) in [5, 5.41) is 15.0. The van der Waals surface area contributed by atoms with Gasteiger partial charge < -0.3 is 15.2 Å². The normalized spacial score (nSPS) is 15.9. The first kappa shape index (κ1) is 22.6. The SMILES string of the molecule is CCc1nncn1CCNC(=NC)NCC(c1ccccc1)N1CCCC1.I. The standard InChI is InChI=1S/C20H31N7.HI/c1-3-19-25-24-16-27(19)14-11-22-20(21-2)23-15-18(26-12-7-8-13-26)17-9-5-4-6-10-17;/h4-6,9-10,16,18H,3,7-8,11-15H2,1-2H3,(H2,21,22,23);1H. The van der Waals surface area contributed by atoms with Gasteiger partial charge in [0.15, 0.2) is 5.96 Å². The first-order valence-corrected chi connectivity index (χ1v) is 9.92. The van der Waals surface area contributed by atoms with E-state index in [2.05, 4.69) is 72.5 Å². The molecule has 1 saturated heterocycles. The minimum absolute atomic E-state index is 0. The fraction of sp³-hybridized carbons (Fsp3) is 0.550. The number of likely N-dealkylation sites (tertiary alicyclic amines) is 1. The molecule has 0 aliphatic carbocycles. The van der Waals surface area contributed by atoms with Crippen LogP contribution in [0.2, 0.25) is 0 Å². The van der Waals surface area contributed by atoms with Crippen molar-refractivity contribution in [1.82, 2.24) is 30.3 Å². The second-order valence-electron chi connectivity index (χ2n) is 6.84. The number of halogens is 1. The summed E-state index contributed by atoms with van der Waals surface area (Å²) >= 11 is 0. The minimum Gasteiger partial charge on any atom is -0.355 e. The zero-order valence-electron chi connectivity index (χ0n) is 16.8. The first-order valence-electron chi connectivity index (χ1n) is 9.92. The molecule has 1 atom stereocenters. The molecule has 0 bridgehead atoms. The highest BCUT2D eigenvalue weighted by Crippen LogP contribution is 2.24. The Hall–Kier alpha value is -1.68. The Morgan fingerprint density at radius 3 is 2.61 bits per heavy atom. The maximum absolute atomic E-state index is 4.38. The van der Waals surface area contributed by atoms with Crippen LogP contribution in [0.15, 0.2) is 41.7 Å². The summed E-state index contributed by atoms with van der Waals surface area (Å²) in [5.74, 6) is 1.85. The molecule has 0 radical (unpaired) electrons. The molecule has 2 N–H and O–H groups in total. The van der Waals surface area contributed by atoms with Gasteiger partial charge in [0, 0.05) is 33.1 Å². The van der Waals surface area contributed by atoms with Crippen molar-refractivity contribution in [3.63, 3.8) is 0 Å². The van der Waals surface area contributed by atoms with Gasteiger partial charge in [0.1, 0.15) is 12.2 Å². The zero-order valence-corrected chi connectivity index (χ0v) is 19.2. The van der Waals surface area contributed by atoms with Crippen LogP contribution < -0.4 is 10.6 Å². The van der Waals surface area contributed by atoms with Crippen molar-refractivity contribution in [2.45, 2.75) is 38.8 Å². The molecule has 0 saturated carbocycles. The van der Waals surface area contributed by atoms with E-state index in [0.717, 1.165) is 37.8 Å². The molecule has 2 aromatic rings. The van der Waals surface area contributed by atoms with E-state index in [4.69, 9.17) is 0 Å². The third-order valence-corrected chi connectivity index (χ3v) is 5.11. The molecule has 1 unspecified atom stereocenters. The van der Waals surface area contributed by atoms with Crippen LogP contribution in [0.5, 0.6) is 0 Å². The van der Waals surface area contributed by atoms with Crippen LogP contribution in [-0.2, 0) is 13.0 Å². The first-order chi connectivity index (χ1) is 13.3. The van der Waals surface area contributed by atoms with Crippen LogP contribution in [0.4, 0.5) is 0 Å². The Balaban J connectivity index is 0.00000280. The van der Waals surface area contributed by atoms with Gasteiger partial charge in [0.05, 0.1) is 6.04 Å². The molecule has 1 aliphatic heterocycles. The van der Waals surface area contributed by atoms with Crippen LogP contribution in [0.1, 0.15) is 37.2 Å². The summed E-state index contributed by atoms with van der Waals surface area (Å²) in [6.45, 7) is 6.88. The van der Waals surface area contributed by atoms with Crippen LogP contribution in [-0.4, -0.2) is 58.9 Å². The monoisotopic (exact) mass is 497 g/mol. The van der Waals surface area contributed by atoms with Crippen LogP contribution in [0.25, 0.3) is 0 Å². The van der Waals surface area contributed by atoms with Crippen molar-refractivity contribution in [3.8, 4) is 0 Å². The van der Waals surface area contributed by atoms with Gasteiger partial charge in [0.2, 0.25) is 0 Å². The van der Waals surface area contributed by atoms with E-state index < -0.39 is 0 Å². The van der Waals surface area contributed by atoms with E-state index in [9.17, 15) is 0 Å². The number of hydrogen-bond acceptors (Lipinski definition) is 4. The lowest BCUT2D eigenvalue weighted by molar-refractivity contribution is 0.245. The summed E-state index contributed by atoms with van der Waals surface area (Å²) in [6, 6.07) is 11.1. The molecule has 154 valence electrons. The number of hydrogen-bond donors (Lipinski definition) is 2. The van der Waals surface area contributed by atoms with Crippen molar-refractivity contribution in [2.75, 3.05) is 33.2 Å². The number of aliphatic imine (C=N–C) groups is 1. The van der Waals surface area contributed by atoms with E-state index >= 15 is 0 Å². The maximum Gasteiger partial charge on any atom is 0.191 e. The zero-order chi connectivity index (χ0) is 18.9. The fourth-order valence-electron chi connectivity index (χ4n) is 3.63. The van der Waals surface area contributed by atoms with Crippen molar-refractivity contribution in [2.24, 2.45) is 4.99 Å². The predicted molar refractivity (Wildman–Crippen MR) is 124 cm³/mol. The van der Waals surface area contributed by atoms with Gasteiger partial charge in [0.25, 0.3) is 0 Å². The van der Waals surface area contributed by atoms with Gasteiger partial charge in [-0.05, 0) is 31.5 Å². The van der Waals surface area contributed by atoms with Crippen molar-refractivity contribution >= 4 is 29.9 Å². The molecule has 2 heterocycles. The number of aromatic nitrogens is 3. The molecule has 28 heavy (non-hydrogen) atoms. The summed E-state index contributed by atoms with van der Waals surface area (Å²) in [5.41, 5.74) is 1.36. The Morgan fingerprint density at radius 2 is 1.93 bits per heavy atom. The molecule has 3 rings (SSSR count). The molecular weight excluding hydrogens is 465 g/mol. The smallest absolute Gasteiger partial charge is 0.191 e. The number of aryl methyl sites for hydroxylation is 1. The largest absolute Gasteiger partial charge is 0.355 e. The third kappa shape index (κ3) is 6.16. The maximum atomic E-state index is 4.38. The molecule has 1 aliphatic rings. The summed E-state index contributed by atoms with van der Waals surface area (Å²) in [7, 11) is 1.82. The average molecular weight is 497 g/mol. The van der Waals surface area contributed by atoms with Crippen LogP contribution in [0, 0.1) is 0 Å². The molecule has 1 fully saturated rings. The van der Waals surface area contributed by atoms with E-state index in [1.165, 1.54) is 31.5 Å². The second kappa shape index (κ2) is 12.0. The van der Waals surface area contributed by atoms with E-state index in [-0.39, 0.29) is 24.0 Å². The molecule has 1 aromatic heterocycles. The molecule has 0 spiro atoms. The molecule has 1 aromatic carbocycles. The lowest BCUT2D eigenvalue weighted by Crippen LogP contribution is -2.43. The van der Waals surface area contributed by atoms with Crippen molar-refractivity contribution < 1.29 is 0 Å². The fourth-order valence-corrected chi connectivity index (χ4v) is 3.63. The quantitative estimate of drug-likeness (QED) is 0.333. The Labute approximate surface area is 185 Å². The molecule has 0 amide bonds. The highest BCUT2D eigenvalue weighted by atomic mass is 127. The third-order valence-electron chi connectivity index (χ3n) is 5.11. The topological polar surface area (TPSA) is 70.4 Å². The van der Waals surface area contributed by atoms with Gasteiger partial charge >= 0.3 is 0 Å². The second-order valence-corrected chi connectivity index (χ2v) is 6.84. The van der Waals surface area contributed by atoms with E-state index in [0.29, 0.717) is 6.04 Å². The molecule has 8 heteroatoms. The Bertz CT molecular complexity index is 710. The van der Waals surface area contributed by atoms with Gasteiger partial charge in [-0.15, -0.1) is 34.2 Å². The van der Waals surface area contributed by atoms with Gasteiger partial charge in [-0.3, -0.25) is 9.89 Å². The van der Waals surface area contributed by atoms with Gasteiger partial charge in [-0.2, -0.15) is 0 Å². The van der Waals surface area contributed by atoms with Crippen molar-refractivity contribution in [3.05, 3.63) is 48.0 Å². The molecule has 7 nitrogen and oxygen atoms in total. The van der Waals surface area contributed by atoms with Crippen LogP contribution in [0.3, 0.4) is 0 Å². The lowest BCUT2D eigenvalue weighted by Gasteiger charge is -2.29. The Morgan fingerprint density at radius 1 is 1.18 bits per heavy atom. The van der Waals surface area contributed by atoms with Gasteiger partial charge in [-0.1, -0.05) is 37.3 Å². The highest BCUT2D eigenvalue weighted by molar-refractivity contribution is 14.0. The summed E-state index contributed by atoms with van der Waals surface area (Å²) in [6.07, 6.45) is 5.25. The lowest BCUT2D eigenvalue weighted by atomic mass is 10.1. The Kier molecular flexibility index (Phi) is 9.69.